The van der Waals surface area contributed by atoms with E-state index in [0.29, 0.717) is 0 Å². The van der Waals surface area contributed by atoms with Gasteiger partial charge in [-0.05, 0) is 58.3 Å². The van der Waals surface area contributed by atoms with E-state index in [1.54, 1.807) is 0 Å². The van der Waals surface area contributed by atoms with Gasteiger partial charge in [-0.15, -0.1) is 0 Å². The monoisotopic (exact) mass is 198 g/mol. The summed E-state index contributed by atoms with van der Waals surface area (Å²) in [5, 5.41) is 3.38. The smallest absolute Gasteiger partial charge is 0.00931 e. The van der Waals surface area contributed by atoms with Crippen LogP contribution in [0.15, 0.2) is 0 Å². The fourth-order valence-corrected chi connectivity index (χ4v) is 2.39. The first-order chi connectivity index (χ1) is 6.88. The maximum absolute atomic E-state index is 3.38. The van der Waals surface area contributed by atoms with E-state index >= 15 is 0 Å². The summed E-state index contributed by atoms with van der Waals surface area (Å²) in [5.74, 6) is 0. The minimum Gasteiger partial charge on any atom is -0.317 e. The molecule has 0 radical (unpaired) electrons. The maximum atomic E-state index is 3.38. The molecule has 0 spiro atoms. The minimum atomic E-state index is 0.897. The lowest BCUT2D eigenvalue weighted by Gasteiger charge is -2.23. The van der Waals surface area contributed by atoms with Gasteiger partial charge in [-0.1, -0.05) is 13.8 Å². The Morgan fingerprint density at radius 1 is 1.29 bits per heavy atom. The second-order valence-corrected chi connectivity index (χ2v) is 4.30. The quantitative estimate of drug-likeness (QED) is 0.631. The Kier molecular flexibility index (Phi) is 6.20. The topological polar surface area (TPSA) is 15.3 Å². The molecule has 1 unspecified atom stereocenters. The Morgan fingerprint density at radius 2 is 2.14 bits per heavy atom. The predicted octanol–water partition coefficient (Wildman–Crippen LogP) is 2.25. The average molecular weight is 198 g/mol. The molecule has 0 saturated carbocycles. The van der Waals surface area contributed by atoms with Crippen LogP contribution in [0.25, 0.3) is 0 Å². The lowest BCUT2D eigenvalue weighted by atomic mass is 10.1. The van der Waals surface area contributed by atoms with Crippen LogP contribution in [-0.4, -0.2) is 37.1 Å². The summed E-state index contributed by atoms with van der Waals surface area (Å²) in [7, 11) is 0. The van der Waals surface area contributed by atoms with Crippen molar-refractivity contribution < 1.29 is 0 Å². The highest BCUT2D eigenvalue weighted by Gasteiger charge is 2.21. The standard InChI is InChI=1S/C12H26N2/c1-3-12-8-7-11-14(12)10-6-5-9-13-4-2/h12-13H,3-11H2,1-2H3. The minimum absolute atomic E-state index is 0.897. The summed E-state index contributed by atoms with van der Waals surface area (Å²) in [6.45, 7) is 9.47. The van der Waals surface area contributed by atoms with Gasteiger partial charge < -0.3 is 10.2 Å². The predicted molar refractivity (Wildman–Crippen MR) is 62.7 cm³/mol. The van der Waals surface area contributed by atoms with E-state index in [2.05, 4.69) is 24.1 Å². The van der Waals surface area contributed by atoms with Crippen LogP contribution in [-0.2, 0) is 0 Å². The number of rotatable bonds is 7. The molecule has 1 saturated heterocycles. The second kappa shape index (κ2) is 7.24. The molecule has 1 fully saturated rings. The van der Waals surface area contributed by atoms with Crippen LogP contribution in [0, 0.1) is 0 Å². The molecule has 0 aromatic carbocycles. The number of nitrogens with one attached hydrogen (secondary N) is 1. The fourth-order valence-electron chi connectivity index (χ4n) is 2.39. The van der Waals surface area contributed by atoms with Gasteiger partial charge in [0.25, 0.3) is 0 Å². The van der Waals surface area contributed by atoms with Crippen LogP contribution in [0.5, 0.6) is 0 Å². The molecule has 1 aliphatic heterocycles. The van der Waals surface area contributed by atoms with Crippen molar-refractivity contribution in [2.75, 3.05) is 26.2 Å². The molecular weight excluding hydrogens is 172 g/mol. The first-order valence-electron chi connectivity index (χ1n) is 6.33. The summed E-state index contributed by atoms with van der Waals surface area (Å²) < 4.78 is 0. The highest BCUT2D eigenvalue weighted by molar-refractivity contribution is 4.77. The van der Waals surface area contributed by atoms with Gasteiger partial charge in [0.1, 0.15) is 0 Å². The van der Waals surface area contributed by atoms with Gasteiger partial charge in [0.15, 0.2) is 0 Å². The summed E-state index contributed by atoms with van der Waals surface area (Å²) in [6, 6.07) is 0.897. The highest BCUT2D eigenvalue weighted by Crippen LogP contribution is 2.19. The molecule has 0 bridgehead atoms. The normalized spacial score (nSPS) is 23.1. The van der Waals surface area contributed by atoms with Crippen molar-refractivity contribution in [3.63, 3.8) is 0 Å². The summed E-state index contributed by atoms with van der Waals surface area (Å²) in [5.41, 5.74) is 0. The third-order valence-electron chi connectivity index (χ3n) is 3.27. The van der Waals surface area contributed by atoms with Crippen molar-refractivity contribution in [1.29, 1.82) is 0 Å². The molecule has 2 nitrogen and oxygen atoms in total. The lowest BCUT2D eigenvalue weighted by molar-refractivity contribution is 0.243. The molecule has 84 valence electrons. The highest BCUT2D eigenvalue weighted by atomic mass is 15.2. The Hall–Kier alpha value is -0.0800. The van der Waals surface area contributed by atoms with Crippen molar-refractivity contribution in [3.05, 3.63) is 0 Å². The number of likely N-dealkylation sites (tertiary alicyclic amines) is 1. The summed E-state index contributed by atoms with van der Waals surface area (Å²) in [6.07, 6.45) is 6.90. The zero-order valence-corrected chi connectivity index (χ0v) is 9.89. The Balaban J connectivity index is 2.00. The van der Waals surface area contributed by atoms with Crippen molar-refractivity contribution in [1.82, 2.24) is 10.2 Å². The molecule has 0 aromatic heterocycles. The van der Waals surface area contributed by atoms with Crippen molar-refractivity contribution in [2.45, 2.75) is 52.0 Å². The van der Waals surface area contributed by atoms with E-state index in [1.807, 2.05) is 0 Å². The zero-order valence-electron chi connectivity index (χ0n) is 9.89. The van der Waals surface area contributed by atoms with Crippen LogP contribution >= 0.6 is 0 Å². The van der Waals surface area contributed by atoms with Crippen LogP contribution in [0.1, 0.15) is 46.0 Å². The zero-order chi connectivity index (χ0) is 10.2. The van der Waals surface area contributed by atoms with E-state index in [4.69, 9.17) is 0 Å². The van der Waals surface area contributed by atoms with Crippen LogP contribution in [0.2, 0.25) is 0 Å². The van der Waals surface area contributed by atoms with E-state index < -0.39 is 0 Å². The largest absolute Gasteiger partial charge is 0.317 e. The summed E-state index contributed by atoms with van der Waals surface area (Å²) >= 11 is 0. The van der Waals surface area contributed by atoms with Crippen LogP contribution in [0.4, 0.5) is 0 Å². The van der Waals surface area contributed by atoms with Crippen molar-refractivity contribution >= 4 is 0 Å². The molecule has 0 aliphatic carbocycles. The van der Waals surface area contributed by atoms with Gasteiger partial charge in [-0.2, -0.15) is 0 Å². The molecule has 14 heavy (non-hydrogen) atoms. The van der Waals surface area contributed by atoms with Gasteiger partial charge in [-0.3, -0.25) is 0 Å². The van der Waals surface area contributed by atoms with Crippen LogP contribution < -0.4 is 5.32 Å². The molecule has 1 heterocycles. The maximum Gasteiger partial charge on any atom is 0.00931 e. The molecular formula is C12H26N2. The molecule has 1 aliphatic rings. The second-order valence-electron chi connectivity index (χ2n) is 4.30. The van der Waals surface area contributed by atoms with E-state index in [9.17, 15) is 0 Å². The third-order valence-corrected chi connectivity index (χ3v) is 3.27. The Labute approximate surface area is 89.1 Å². The Bertz CT molecular complexity index is 136. The Morgan fingerprint density at radius 3 is 2.86 bits per heavy atom. The van der Waals surface area contributed by atoms with Gasteiger partial charge in [-0.25, -0.2) is 0 Å². The lowest BCUT2D eigenvalue weighted by Crippen LogP contribution is -2.30. The van der Waals surface area contributed by atoms with Gasteiger partial charge in [0, 0.05) is 6.04 Å². The molecule has 0 amide bonds. The molecule has 1 rings (SSSR count). The average Bonchev–Trinajstić information content (AvgIpc) is 2.65. The first kappa shape index (κ1) is 12.0. The molecule has 1 atom stereocenters. The summed E-state index contributed by atoms with van der Waals surface area (Å²) in [4.78, 5) is 2.69. The molecule has 0 aromatic rings. The molecule has 1 N–H and O–H groups in total. The third kappa shape index (κ3) is 3.97. The van der Waals surface area contributed by atoms with E-state index in [-0.39, 0.29) is 0 Å². The fraction of sp³-hybridized carbons (Fsp3) is 1.00. The first-order valence-corrected chi connectivity index (χ1v) is 6.33. The van der Waals surface area contributed by atoms with Crippen LogP contribution in [0.3, 0.4) is 0 Å². The molecule has 2 heteroatoms. The number of nitrogens with zero attached hydrogens (tertiary/aromatic N) is 1. The van der Waals surface area contributed by atoms with Crippen molar-refractivity contribution in [3.8, 4) is 0 Å². The van der Waals surface area contributed by atoms with Gasteiger partial charge >= 0.3 is 0 Å². The number of hydrogen-bond acceptors (Lipinski definition) is 2. The number of hydrogen-bond donors (Lipinski definition) is 1. The van der Waals surface area contributed by atoms with Gasteiger partial charge in [0.05, 0.1) is 0 Å². The SMILES string of the molecule is CCNCCCCN1CCCC1CC. The van der Waals surface area contributed by atoms with E-state index in [1.165, 1.54) is 51.7 Å². The van der Waals surface area contributed by atoms with Crippen molar-refractivity contribution in [2.24, 2.45) is 0 Å². The van der Waals surface area contributed by atoms with E-state index in [0.717, 1.165) is 12.6 Å². The van der Waals surface area contributed by atoms with Gasteiger partial charge in [0.2, 0.25) is 0 Å². The number of unbranched alkanes of at least 4 members (excludes halogenated alkanes) is 1.